The Bertz CT molecular complexity index is 856. The Balaban J connectivity index is 1.75. The summed E-state index contributed by atoms with van der Waals surface area (Å²) in [5, 5.41) is 2.77. The highest BCUT2D eigenvalue weighted by Crippen LogP contribution is 2.43. The summed E-state index contributed by atoms with van der Waals surface area (Å²) in [6, 6.07) is 7.94. The average molecular weight is 459 g/mol. The molecule has 1 heterocycles. The van der Waals surface area contributed by atoms with Gasteiger partial charge in [-0.15, -0.1) is 0 Å². The summed E-state index contributed by atoms with van der Waals surface area (Å²) in [5.41, 5.74) is -0.339. The van der Waals surface area contributed by atoms with Crippen LogP contribution in [0, 0.1) is 17.3 Å². The second-order valence-corrected chi connectivity index (χ2v) is 11.3. The number of rotatable bonds is 5. The maximum absolute atomic E-state index is 13.8. The van der Waals surface area contributed by atoms with Gasteiger partial charge in [0.1, 0.15) is 24.3 Å². The van der Waals surface area contributed by atoms with Crippen LogP contribution in [0.5, 0.6) is 0 Å². The summed E-state index contributed by atoms with van der Waals surface area (Å²) >= 11 is 0. The molecule has 2 fully saturated rings. The minimum Gasteiger partial charge on any atom is -0.458 e. The fraction of sp³-hybridized carbons (Fsp3) is 0.654. The van der Waals surface area contributed by atoms with E-state index in [1.165, 1.54) is 0 Å². The van der Waals surface area contributed by atoms with Gasteiger partial charge in [0, 0.05) is 6.54 Å². The second-order valence-electron chi connectivity index (χ2n) is 11.3. The average Bonchev–Trinajstić information content (AvgIpc) is 3.29. The molecule has 1 aromatic carbocycles. The molecule has 182 valence electrons. The number of esters is 1. The van der Waals surface area contributed by atoms with Gasteiger partial charge in [0.25, 0.3) is 0 Å². The Labute approximate surface area is 197 Å². The van der Waals surface area contributed by atoms with Crippen molar-refractivity contribution in [2.45, 2.75) is 85.1 Å². The zero-order valence-electron chi connectivity index (χ0n) is 20.7. The normalized spacial score (nSPS) is 23.6. The van der Waals surface area contributed by atoms with Crippen LogP contribution in [0.25, 0.3) is 0 Å². The Hall–Kier alpha value is -2.57. The summed E-state index contributed by atoms with van der Waals surface area (Å²) < 4.78 is 11.1. The zero-order valence-corrected chi connectivity index (χ0v) is 20.7. The molecule has 1 N–H and O–H groups in total. The maximum Gasteiger partial charge on any atom is 0.408 e. The summed E-state index contributed by atoms with van der Waals surface area (Å²) in [6.07, 6.45) is 2.31. The molecule has 1 aliphatic heterocycles. The topological polar surface area (TPSA) is 84.9 Å². The summed E-state index contributed by atoms with van der Waals surface area (Å²) in [6.45, 7) is 11.8. The van der Waals surface area contributed by atoms with Crippen LogP contribution in [0.3, 0.4) is 0 Å². The van der Waals surface area contributed by atoms with Crippen molar-refractivity contribution in [3.05, 3.63) is 35.9 Å². The van der Waals surface area contributed by atoms with Crippen LogP contribution in [0.4, 0.5) is 4.79 Å². The Morgan fingerprint density at radius 3 is 2.33 bits per heavy atom. The first kappa shape index (κ1) is 25.1. The fourth-order valence-corrected chi connectivity index (χ4v) is 4.89. The van der Waals surface area contributed by atoms with Crippen LogP contribution in [0.2, 0.25) is 0 Å². The van der Waals surface area contributed by atoms with E-state index in [2.05, 4.69) is 5.32 Å². The fourth-order valence-electron chi connectivity index (χ4n) is 4.89. The lowest BCUT2D eigenvalue weighted by Crippen LogP contribution is -2.57. The number of benzene rings is 1. The van der Waals surface area contributed by atoms with Gasteiger partial charge in [-0.3, -0.25) is 4.79 Å². The predicted molar refractivity (Wildman–Crippen MR) is 125 cm³/mol. The summed E-state index contributed by atoms with van der Waals surface area (Å²) in [7, 11) is 0. The third-order valence-corrected chi connectivity index (χ3v) is 6.41. The van der Waals surface area contributed by atoms with Crippen LogP contribution in [0.1, 0.15) is 66.4 Å². The molecule has 3 rings (SSSR count). The molecule has 33 heavy (non-hydrogen) atoms. The van der Waals surface area contributed by atoms with Gasteiger partial charge >= 0.3 is 12.1 Å². The lowest BCUT2D eigenvalue weighted by atomic mass is 9.85. The highest BCUT2D eigenvalue weighted by Gasteiger charge is 2.52. The van der Waals surface area contributed by atoms with Gasteiger partial charge in [-0.2, -0.15) is 0 Å². The van der Waals surface area contributed by atoms with Gasteiger partial charge in [0.2, 0.25) is 5.91 Å². The largest absolute Gasteiger partial charge is 0.458 e. The molecule has 1 saturated carbocycles. The molecule has 4 atom stereocenters. The van der Waals surface area contributed by atoms with Crippen molar-refractivity contribution in [1.82, 2.24) is 10.2 Å². The molecule has 2 aliphatic rings. The van der Waals surface area contributed by atoms with Gasteiger partial charge in [-0.1, -0.05) is 57.5 Å². The number of nitrogens with one attached hydrogen (secondary N) is 1. The molecule has 2 amide bonds. The monoisotopic (exact) mass is 458 g/mol. The molecule has 1 unspecified atom stereocenters. The lowest BCUT2D eigenvalue weighted by Gasteiger charge is -2.36. The minimum absolute atomic E-state index is 0.106. The molecule has 7 heteroatoms. The zero-order chi connectivity index (χ0) is 24.4. The lowest BCUT2D eigenvalue weighted by molar-refractivity contribution is -0.165. The van der Waals surface area contributed by atoms with Crippen molar-refractivity contribution in [3.63, 3.8) is 0 Å². The van der Waals surface area contributed by atoms with E-state index in [0.717, 1.165) is 24.8 Å². The molecule has 0 aromatic heterocycles. The van der Waals surface area contributed by atoms with E-state index in [9.17, 15) is 14.4 Å². The van der Waals surface area contributed by atoms with Crippen molar-refractivity contribution in [3.8, 4) is 0 Å². The number of carbonyl (C=O) groups excluding carboxylic acids is 3. The molecular weight excluding hydrogens is 420 g/mol. The van der Waals surface area contributed by atoms with Crippen LogP contribution in [0.15, 0.2) is 30.3 Å². The van der Waals surface area contributed by atoms with E-state index in [0.29, 0.717) is 6.54 Å². The predicted octanol–water partition coefficient (Wildman–Crippen LogP) is 4.30. The first-order valence-corrected chi connectivity index (χ1v) is 11.9. The van der Waals surface area contributed by atoms with Gasteiger partial charge in [-0.05, 0) is 56.4 Å². The molecular formula is C26H38N2O5. The SMILES string of the molecule is CC(C)(C)OC(=O)[C@@H]1[C@H]2CCCC2CN1C(=O)[C@@H](NC(=O)OCc1ccccc1)C(C)(C)C. The van der Waals surface area contributed by atoms with E-state index in [1.54, 1.807) is 4.90 Å². The van der Waals surface area contributed by atoms with Crippen LogP contribution < -0.4 is 5.32 Å². The summed E-state index contributed by atoms with van der Waals surface area (Å²) in [4.78, 5) is 41.2. The van der Waals surface area contributed by atoms with Crippen molar-refractivity contribution >= 4 is 18.0 Å². The van der Waals surface area contributed by atoms with Crippen LogP contribution >= 0.6 is 0 Å². The number of hydrogen-bond acceptors (Lipinski definition) is 5. The Kier molecular flexibility index (Phi) is 7.39. The molecule has 7 nitrogen and oxygen atoms in total. The van der Waals surface area contributed by atoms with E-state index in [4.69, 9.17) is 9.47 Å². The van der Waals surface area contributed by atoms with Gasteiger partial charge < -0.3 is 19.7 Å². The minimum atomic E-state index is -0.829. The number of carbonyl (C=O) groups is 3. The van der Waals surface area contributed by atoms with Crippen molar-refractivity contribution in [2.24, 2.45) is 17.3 Å². The molecule has 0 spiro atoms. The number of fused-ring (bicyclic) bond motifs is 1. The number of amides is 2. The van der Waals surface area contributed by atoms with Crippen molar-refractivity contribution in [2.75, 3.05) is 6.54 Å². The molecule has 0 radical (unpaired) electrons. The highest BCUT2D eigenvalue weighted by molar-refractivity contribution is 5.91. The third kappa shape index (κ3) is 6.27. The number of likely N-dealkylation sites (tertiary alicyclic amines) is 1. The van der Waals surface area contributed by atoms with E-state index in [1.807, 2.05) is 71.9 Å². The quantitative estimate of drug-likeness (QED) is 0.665. The molecule has 1 aromatic rings. The molecule has 0 bridgehead atoms. The first-order chi connectivity index (χ1) is 15.4. The standard InChI is InChI=1S/C26H38N2O5/c1-25(2,3)21(27-24(31)32-16-17-11-8-7-9-12-17)22(29)28-15-18-13-10-14-19(18)20(28)23(30)33-26(4,5)6/h7-9,11-12,18-21H,10,13-16H2,1-6H3,(H,27,31)/t18?,19-,20-,21+/m0/s1. The first-order valence-electron chi connectivity index (χ1n) is 11.9. The van der Waals surface area contributed by atoms with Crippen molar-refractivity contribution in [1.29, 1.82) is 0 Å². The highest BCUT2D eigenvalue weighted by atomic mass is 16.6. The van der Waals surface area contributed by atoms with E-state index in [-0.39, 0.29) is 30.3 Å². The van der Waals surface area contributed by atoms with E-state index < -0.39 is 29.2 Å². The second kappa shape index (κ2) is 9.74. The number of ether oxygens (including phenoxy) is 2. The van der Waals surface area contributed by atoms with Crippen molar-refractivity contribution < 1.29 is 23.9 Å². The Morgan fingerprint density at radius 1 is 1.06 bits per heavy atom. The number of nitrogens with zero attached hydrogens (tertiary/aromatic N) is 1. The third-order valence-electron chi connectivity index (χ3n) is 6.41. The van der Waals surface area contributed by atoms with Gasteiger partial charge in [-0.25, -0.2) is 9.59 Å². The van der Waals surface area contributed by atoms with Crippen LogP contribution in [-0.4, -0.2) is 47.1 Å². The van der Waals surface area contributed by atoms with Crippen LogP contribution in [-0.2, 0) is 25.7 Å². The van der Waals surface area contributed by atoms with Gasteiger partial charge in [0.05, 0.1) is 0 Å². The number of alkyl carbamates (subject to hydrolysis) is 1. The smallest absolute Gasteiger partial charge is 0.408 e. The summed E-state index contributed by atoms with van der Waals surface area (Å²) in [5.74, 6) is -0.222. The number of hydrogen-bond donors (Lipinski definition) is 1. The molecule has 1 saturated heterocycles. The maximum atomic E-state index is 13.8. The van der Waals surface area contributed by atoms with Gasteiger partial charge in [0.15, 0.2) is 0 Å². The Morgan fingerprint density at radius 2 is 1.73 bits per heavy atom. The molecule has 1 aliphatic carbocycles. The van der Waals surface area contributed by atoms with E-state index >= 15 is 0 Å².